The lowest BCUT2D eigenvalue weighted by molar-refractivity contribution is -0.140. The lowest BCUT2D eigenvalue weighted by atomic mass is 10.0. The van der Waals surface area contributed by atoms with Gasteiger partial charge in [-0.1, -0.05) is 60.1 Å². The van der Waals surface area contributed by atoms with Crippen LogP contribution in [-0.4, -0.2) is 57.0 Å². The Labute approximate surface area is 278 Å². The Morgan fingerprint density at radius 3 is 2.23 bits per heavy atom. The van der Waals surface area contributed by atoms with Gasteiger partial charge in [0.25, 0.3) is 10.0 Å². The summed E-state index contributed by atoms with van der Waals surface area (Å²) in [4.78, 5) is 29.5. The van der Waals surface area contributed by atoms with Crippen molar-refractivity contribution in [1.82, 2.24) is 10.2 Å². The highest BCUT2D eigenvalue weighted by Crippen LogP contribution is 2.34. The van der Waals surface area contributed by atoms with Gasteiger partial charge < -0.3 is 19.7 Å². The van der Waals surface area contributed by atoms with E-state index in [2.05, 4.69) is 5.32 Å². The van der Waals surface area contributed by atoms with Crippen molar-refractivity contribution in [1.29, 1.82) is 0 Å². The first-order valence-electron chi connectivity index (χ1n) is 15.1. The van der Waals surface area contributed by atoms with Crippen LogP contribution in [0.2, 0.25) is 5.02 Å². The van der Waals surface area contributed by atoms with Crippen LogP contribution in [0, 0.1) is 5.82 Å². The summed E-state index contributed by atoms with van der Waals surface area (Å²) in [5.74, 6) is -1.02. The van der Waals surface area contributed by atoms with Gasteiger partial charge in [0.1, 0.15) is 31.6 Å². The average Bonchev–Trinajstić information content (AvgIpc) is 3.06. The number of rotatable bonds is 12. The summed E-state index contributed by atoms with van der Waals surface area (Å²) < 4.78 is 54.6. The van der Waals surface area contributed by atoms with Gasteiger partial charge in [0.2, 0.25) is 11.8 Å². The molecule has 0 aliphatic carbocycles. The number of nitrogens with one attached hydrogen (secondary N) is 1. The van der Waals surface area contributed by atoms with Gasteiger partial charge in [-0.15, -0.1) is 0 Å². The van der Waals surface area contributed by atoms with Crippen LogP contribution >= 0.6 is 11.6 Å². The average molecular weight is 680 g/mol. The molecule has 2 amide bonds. The van der Waals surface area contributed by atoms with E-state index < -0.39 is 40.2 Å². The number of ether oxygens (including phenoxy) is 2. The second-order valence-corrected chi connectivity index (χ2v) is 13.5. The molecule has 0 unspecified atom stereocenters. The topological polar surface area (TPSA) is 105 Å². The minimum Gasteiger partial charge on any atom is -0.486 e. The number of benzene rings is 4. The molecule has 12 heteroatoms. The van der Waals surface area contributed by atoms with E-state index in [-0.39, 0.29) is 41.9 Å². The number of carbonyl (C=O) groups is 2. The molecular formula is C35H35ClFN3O6S. The van der Waals surface area contributed by atoms with Crippen molar-refractivity contribution in [2.24, 2.45) is 0 Å². The Balaban J connectivity index is 1.58. The zero-order valence-corrected chi connectivity index (χ0v) is 27.5. The van der Waals surface area contributed by atoms with E-state index in [4.69, 9.17) is 21.1 Å². The first-order chi connectivity index (χ1) is 22.5. The Morgan fingerprint density at radius 1 is 0.894 bits per heavy atom. The van der Waals surface area contributed by atoms with Crippen LogP contribution in [0.1, 0.15) is 25.0 Å². The van der Waals surface area contributed by atoms with Crippen LogP contribution in [0.5, 0.6) is 11.5 Å². The second kappa shape index (κ2) is 14.9. The maximum atomic E-state index is 14.5. The van der Waals surface area contributed by atoms with Gasteiger partial charge in [0.15, 0.2) is 11.5 Å². The summed E-state index contributed by atoms with van der Waals surface area (Å²) in [5.41, 5.74) is 1.42. The molecule has 0 spiro atoms. The third-order valence-corrected chi connectivity index (χ3v) is 9.63. The van der Waals surface area contributed by atoms with Crippen molar-refractivity contribution in [3.8, 4) is 11.5 Å². The quantitative estimate of drug-likeness (QED) is 0.209. The van der Waals surface area contributed by atoms with Crippen LogP contribution in [0.25, 0.3) is 0 Å². The maximum Gasteiger partial charge on any atom is 0.264 e. The van der Waals surface area contributed by atoms with Crippen molar-refractivity contribution in [3.63, 3.8) is 0 Å². The Kier molecular flexibility index (Phi) is 10.7. The van der Waals surface area contributed by atoms with Crippen LogP contribution in [0.4, 0.5) is 10.1 Å². The lowest BCUT2D eigenvalue weighted by Crippen LogP contribution is -2.54. The molecule has 0 aromatic heterocycles. The molecule has 47 heavy (non-hydrogen) atoms. The van der Waals surface area contributed by atoms with Gasteiger partial charge in [-0.3, -0.25) is 13.9 Å². The van der Waals surface area contributed by atoms with Gasteiger partial charge in [0, 0.05) is 30.1 Å². The summed E-state index contributed by atoms with van der Waals surface area (Å²) in [6.45, 7) is 3.41. The van der Waals surface area contributed by atoms with Gasteiger partial charge in [0.05, 0.1) is 10.6 Å². The zero-order chi connectivity index (χ0) is 33.6. The van der Waals surface area contributed by atoms with E-state index in [0.29, 0.717) is 22.9 Å². The molecule has 246 valence electrons. The molecule has 4 aromatic carbocycles. The summed E-state index contributed by atoms with van der Waals surface area (Å²) >= 11 is 6.53. The minimum absolute atomic E-state index is 0.0542. The van der Waals surface area contributed by atoms with E-state index in [0.717, 1.165) is 22.0 Å². The molecule has 1 aliphatic rings. The number of sulfonamides is 1. The molecule has 0 saturated heterocycles. The number of amides is 2. The lowest BCUT2D eigenvalue weighted by Gasteiger charge is -2.34. The van der Waals surface area contributed by atoms with E-state index >= 15 is 0 Å². The van der Waals surface area contributed by atoms with E-state index in [1.54, 1.807) is 24.3 Å². The molecule has 0 saturated carbocycles. The molecule has 1 aliphatic heterocycles. The van der Waals surface area contributed by atoms with Crippen molar-refractivity contribution >= 4 is 39.1 Å². The van der Waals surface area contributed by atoms with Gasteiger partial charge >= 0.3 is 0 Å². The fourth-order valence-electron chi connectivity index (χ4n) is 5.19. The van der Waals surface area contributed by atoms with Crippen LogP contribution in [-0.2, 0) is 32.6 Å². The number of anilines is 1. The molecule has 0 radical (unpaired) electrons. The number of hydrogen-bond donors (Lipinski definition) is 1. The van der Waals surface area contributed by atoms with E-state index in [1.807, 2.05) is 44.2 Å². The Hall–Kier alpha value is -4.61. The third kappa shape index (κ3) is 8.22. The molecule has 9 nitrogen and oxygen atoms in total. The number of halogens is 2. The van der Waals surface area contributed by atoms with E-state index in [9.17, 15) is 22.4 Å². The molecule has 1 heterocycles. The molecular weight excluding hydrogens is 645 g/mol. The van der Waals surface area contributed by atoms with Crippen molar-refractivity contribution in [3.05, 3.63) is 119 Å². The van der Waals surface area contributed by atoms with Gasteiger partial charge in [-0.05, 0) is 67.4 Å². The summed E-state index contributed by atoms with van der Waals surface area (Å²) in [5, 5.41) is 3.29. The van der Waals surface area contributed by atoms with Gasteiger partial charge in [-0.25, -0.2) is 12.8 Å². The van der Waals surface area contributed by atoms with Crippen LogP contribution < -0.4 is 19.1 Å². The summed E-state index contributed by atoms with van der Waals surface area (Å²) in [7, 11) is -4.43. The van der Waals surface area contributed by atoms with Crippen molar-refractivity contribution in [2.75, 3.05) is 24.1 Å². The minimum atomic E-state index is -4.43. The molecule has 5 rings (SSSR count). The highest BCUT2D eigenvalue weighted by molar-refractivity contribution is 7.92. The van der Waals surface area contributed by atoms with Crippen LogP contribution in [0.15, 0.2) is 102 Å². The predicted octanol–water partition coefficient (Wildman–Crippen LogP) is 5.61. The maximum absolute atomic E-state index is 14.5. The largest absolute Gasteiger partial charge is 0.486 e. The zero-order valence-electron chi connectivity index (χ0n) is 25.9. The number of nitrogens with zero attached hydrogens (tertiary/aromatic N) is 2. The predicted molar refractivity (Wildman–Crippen MR) is 178 cm³/mol. The molecule has 1 atom stereocenters. The number of fused-ring (bicyclic) bond motifs is 1. The fraction of sp³-hybridized carbons (Fsp3) is 0.257. The van der Waals surface area contributed by atoms with Gasteiger partial charge in [-0.2, -0.15) is 0 Å². The highest BCUT2D eigenvalue weighted by Gasteiger charge is 2.35. The Bertz CT molecular complexity index is 1820. The fourth-order valence-corrected chi connectivity index (χ4v) is 6.82. The number of carbonyl (C=O) groups excluding carboxylic acids is 2. The monoisotopic (exact) mass is 679 g/mol. The smallest absolute Gasteiger partial charge is 0.264 e. The molecule has 4 aromatic rings. The van der Waals surface area contributed by atoms with Crippen molar-refractivity contribution in [2.45, 2.75) is 43.8 Å². The number of hydrogen-bond acceptors (Lipinski definition) is 6. The standard InChI is InChI=1S/C35H35ClFN3O6S/c1-24(2)38-35(42)31(20-25-8-4-3-5-9-25)39(22-26-10-6-7-11-30(26)36)34(41)23-40(28-14-12-27(37)13-15-28)47(43,44)29-16-17-32-33(21-29)46-19-18-45-32/h3-17,21,24,31H,18-20,22-23H2,1-2H3,(H,38,42)/t31-/m0/s1. The molecule has 0 fully saturated rings. The second-order valence-electron chi connectivity index (χ2n) is 11.3. The first-order valence-corrected chi connectivity index (χ1v) is 16.9. The first kappa shape index (κ1) is 33.7. The third-order valence-electron chi connectivity index (χ3n) is 7.50. The van der Waals surface area contributed by atoms with Crippen molar-refractivity contribution < 1.29 is 31.9 Å². The van der Waals surface area contributed by atoms with Crippen LogP contribution in [0.3, 0.4) is 0 Å². The SMILES string of the molecule is CC(C)NC(=O)[C@H](Cc1ccccc1)N(Cc1ccccc1Cl)C(=O)CN(c1ccc(F)cc1)S(=O)(=O)c1ccc2c(c1)OCCO2. The highest BCUT2D eigenvalue weighted by atomic mass is 35.5. The summed E-state index contributed by atoms with van der Waals surface area (Å²) in [6, 6.07) is 23.9. The van der Waals surface area contributed by atoms with E-state index in [1.165, 1.54) is 35.2 Å². The normalized spacial score (nSPS) is 13.1. The summed E-state index contributed by atoms with van der Waals surface area (Å²) in [6.07, 6.45) is 0.154. The molecule has 1 N–H and O–H groups in total. The molecule has 0 bridgehead atoms. The Morgan fingerprint density at radius 2 is 1.55 bits per heavy atom.